The zero-order valence-electron chi connectivity index (χ0n) is 14.3. The smallest absolute Gasteiger partial charge is 0.360 e. The minimum absolute atomic E-state index is 0.0166. The van der Waals surface area contributed by atoms with E-state index >= 15 is 0 Å². The number of amides is 1. The lowest BCUT2D eigenvalue weighted by atomic mass is 10.3. The van der Waals surface area contributed by atoms with Crippen LogP contribution in [0.4, 0.5) is 11.4 Å². The third-order valence-corrected chi connectivity index (χ3v) is 3.56. The van der Waals surface area contributed by atoms with E-state index in [0.717, 1.165) is 0 Å². The summed E-state index contributed by atoms with van der Waals surface area (Å²) in [5.41, 5.74) is 0.563. The molecule has 11 heteroatoms. The Morgan fingerprint density at radius 3 is 2.56 bits per heavy atom. The number of hydrogen-bond acceptors (Lipinski definition) is 7. The van der Waals surface area contributed by atoms with Gasteiger partial charge in [-0.2, -0.15) is 10.2 Å². The van der Waals surface area contributed by atoms with E-state index in [1.165, 1.54) is 36.5 Å². The maximum absolute atomic E-state index is 12.3. The summed E-state index contributed by atoms with van der Waals surface area (Å²) >= 11 is 0. The first-order valence-corrected chi connectivity index (χ1v) is 7.42. The van der Waals surface area contributed by atoms with Crippen molar-refractivity contribution in [1.29, 1.82) is 0 Å². The molecule has 2 heterocycles. The van der Waals surface area contributed by atoms with Crippen LogP contribution in [-0.2, 0) is 22.6 Å². The fraction of sp³-hybridized carbons (Fsp3) is 0.429. The number of nitro groups is 1. The maximum Gasteiger partial charge on any atom is 0.360 e. The molecule has 0 unspecified atom stereocenters. The molecule has 1 N–H and O–H groups in total. The molecule has 2 aromatic rings. The van der Waals surface area contributed by atoms with E-state index in [1.807, 2.05) is 6.92 Å². The number of nitrogens with zero attached hydrogens (tertiary/aromatic N) is 5. The number of methoxy groups -OCH3 is 1. The van der Waals surface area contributed by atoms with Gasteiger partial charge in [0.05, 0.1) is 17.7 Å². The summed E-state index contributed by atoms with van der Waals surface area (Å²) in [6, 6.07) is 0. The standard InChI is InChI=1S/C14H18N6O5/c1-5-18-6-10(12(17-18)14(22)25-4)15-11(21)7-19-9(3)13(20(23)24)8(2)16-19/h6H,5,7H2,1-4H3,(H,15,21). The number of ether oxygens (including phenoxy) is 1. The van der Waals surface area contributed by atoms with Crippen molar-refractivity contribution >= 4 is 23.3 Å². The zero-order valence-corrected chi connectivity index (χ0v) is 14.3. The number of hydrogen-bond donors (Lipinski definition) is 1. The third kappa shape index (κ3) is 3.65. The summed E-state index contributed by atoms with van der Waals surface area (Å²) in [6.07, 6.45) is 1.51. The quantitative estimate of drug-likeness (QED) is 0.467. The molecule has 25 heavy (non-hydrogen) atoms. The number of esters is 1. The lowest BCUT2D eigenvalue weighted by Crippen LogP contribution is -2.21. The van der Waals surface area contributed by atoms with Gasteiger partial charge in [0.2, 0.25) is 5.91 Å². The third-order valence-electron chi connectivity index (χ3n) is 3.56. The van der Waals surface area contributed by atoms with Gasteiger partial charge in [-0.05, 0) is 20.8 Å². The number of nitrogens with one attached hydrogen (secondary N) is 1. The molecule has 0 bridgehead atoms. The number of aromatic nitrogens is 4. The lowest BCUT2D eigenvalue weighted by Gasteiger charge is -2.05. The van der Waals surface area contributed by atoms with E-state index in [-0.39, 0.29) is 35.0 Å². The van der Waals surface area contributed by atoms with Crippen molar-refractivity contribution in [2.24, 2.45) is 0 Å². The Balaban J connectivity index is 2.21. The van der Waals surface area contributed by atoms with Crippen LogP contribution in [-0.4, -0.2) is 43.5 Å². The molecular weight excluding hydrogens is 332 g/mol. The van der Waals surface area contributed by atoms with Crippen LogP contribution in [0.1, 0.15) is 28.8 Å². The van der Waals surface area contributed by atoms with Gasteiger partial charge in [0.1, 0.15) is 17.9 Å². The SMILES string of the molecule is CCn1cc(NC(=O)Cn2nc(C)c([N+](=O)[O-])c2C)c(C(=O)OC)n1. The molecule has 11 nitrogen and oxygen atoms in total. The second kappa shape index (κ2) is 7.11. The molecule has 0 aliphatic rings. The molecule has 2 rings (SSSR count). The van der Waals surface area contributed by atoms with E-state index in [2.05, 4.69) is 20.3 Å². The molecule has 0 spiro atoms. The highest BCUT2D eigenvalue weighted by Gasteiger charge is 2.24. The highest BCUT2D eigenvalue weighted by Crippen LogP contribution is 2.22. The van der Waals surface area contributed by atoms with Crippen molar-refractivity contribution < 1.29 is 19.2 Å². The lowest BCUT2D eigenvalue weighted by molar-refractivity contribution is -0.386. The van der Waals surface area contributed by atoms with Gasteiger partial charge in [0, 0.05) is 12.7 Å². The van der Waals surface area contributed by atoms with Gasteiger partial charge < -0.3 is 10.1 Å². The number of rotatable bonds is 6. The second-order valence-electron chi connectivity index (χ2n) is 5.22. The molecule has 0 fully saturated rings. The minimum atomic E-state index is -0.677. The first kappa shape index (κ1) is 18.1. The Hall–Kier alpha value is -3.24. The molecule has 0 aliphatic carbocycles. The van der Waals surface area contributed by atoms with Crippen LogP contribution < -0.4 is 5.32 Å². The predicted octanol–water partition coefficient (Wildman–Crippen LogP) is 1.05. The van der Waals surface area contributed by atoms with Crippen LogP contribution in [0.2, 0.25) is 0 Å². The first-order valence-electron chi connectivity index (χ1n) is 7.42. The summed E-state index contributed by atoms with van der Waals surface area (Å²) in [5.74, 6) is -1.18. The van der Waals surface area contributed by atoms with Gasteiger partial charge in [-0.1, -0.05) is 0 Å². The summed E-state index contributed by atoms with van der Waals surface area (Å²) in [5, 5.41) is 21.6. The number of carbonyl (C=O) groups excluding carboxylic acids is 2. The molecule has 0 atom stereocenters. The fourth-order valence-electron chi connectivity index (χ4n) is 2.35. The van der Waals surface area contributed by atoms with Gasteiger partial charge in [-0.15, -0.1) is 0 Å². The van der Waals surface area contributed by atoms with Crippen LogP contribution in [0.5, 0.6) is 0 Å². The number of carbonyl (C=O) groups is 2. The number of aryl methyl sites for hydroxylation is 2. The van der Waals surface area contributed by atoms with E-state index in [4.69, 9.17) is 0 Å². The van der Waals surface area contributed by atoms with Gasteiger partial charge in [-0.25, -0.2) is 4.79 Å². The molecule has 0 radical (unpaired) electrons. The Kier molecular flexibility index (Phi) is 5.15. The summed E-state index contributed by atoms with van der Waals surface area (Å²) in [4.78, 5) is 34.5. The molecule has 2 aromatic heterocycles. The Bertz CT molecular complexity index is 837. The van der Waals surface area contributed by atoms with Crippen LogP contribution in [0.25, 0.3) is 0 Å². The van der Waals surface area contributed by atoms with E-state index < -0.39 is 16.8 Å². The van der Waals surface area contributed by atoms with Gasteiger partial charge in [0.25, 0.3) is 0 Å². The topological polar surface area (TPSA) is 134 Å². The van der Waals surface area contributed by atoms with Crippen molar-refractivity contribution in [1.82, 2.24) is 19.6 Å². The van der Waals surface area contributed by atoms with Crippen molar-refractivity contribution in [2.45, 2.75) is 33.9 Å². The highest BCUT2D eigenvalue weighted by atomic mass is 16.6. The summed E-state index contributed by atoms with van der Waals surface area (Å²) in [6.45, 7) is 5.11. The molecule has 134 valence electrons. The van der Waals surface area contributed by atoms with Gasteiger partial charge in [-0.3, -0.25) is 24.3 Å². The van der Waals surface area contributed by atoms with Gasteiger partial charge >= 0.3 is 11.7 Å². The summed E-state index contributed by atoms with van der Waals surface area (Å²) in [7, 11) is 1.22. The van der Waals surface area contributed by atoms with Crippen LogP contribution in [0.15, 0.2) is 6.20 Å². The zero-order chi connectivity index (χ0) is 18.7. The normalized spacial score (nSPS) is 10.6. The second-order valence-corrected chi connectivity index (χ2v) is 5.22. The predicted molar refractivity (Wildman–Crippen MR) is 86.2 cm³/mol. The molecular formula is C14H18N6O5. The van der Waals surface area contributed by atoms with Gasteiger partial charge in [0.15, 0.2) is 5.69 Å². The maximum atomic E-state index is 12.3. The highest BCUT2D eigenvalue weighted by molar-refractivity contribution is 5.99. The van der Waals surface area contributed by atoms with Crippen molar-refractivity contribution in [2.75, 3.05) is 12.4 Å². The average molecular weight is 350 g/mol. The van der Waals surface area contributed by atoms with Crippen molar-refractivity contribution in [3.63, 3.8) is 0 Å². The molecule has 1 amide bonds. The molecule has 0 aromatic carbocycles. The summed E-state index contributed by atoms with van der Waals surface area (Å²) < 4.78 is 7.36. The molecule has 0 saturated carbocycles. The van der Waals surface area contributed by atoms with E-state index in [0.29, 0.717) is 6.54 Å². The number of anilines is 1. The largest absolute Gasteiger partial charge is 0.464 e. The fourth-order valence-corrected chi connectivity index (χ4v) is 2.35. The Labute approximate surface area is 142 Å². The minimum Gasteiger partial charge on any atom is -0.464 e. The average Bonchev–Trinajstić information content (AvgIpc) is 3.07. The Morgan fingerprint density at radius 1 is 1.36 bits per heavy atom. The van der Waals surface area contributed by atoms with Crippen LogP contribution in [0.3, 0.4) is 0 Å². The monoisotopic (exact) mass is 350 g/mol. The van der Waals surface area contributed by atoms with E-state index in [1.54, 1.807) is 0 Å². The first-order chi connectivity index (χ1) is 11.8. The van der Waals surface area contributed by atoms with E-state index in [9.17, 15) is 19.7 Å². The molecule has 0 saturated heterocycles. The van der Waals surface area contributed by atoms with Crippen LogP contribution >= 0.6 is 0 Å². The molecule has 0 aliphatic heterocycles. The van der Waals surface area contributed by atoms with Crippen molar-refractivity contribution in [3.05, 3.63) is 33.4 Å². The van der Waals surface area contributed by atoms with Crippen LogP contribution in [0, 0.1) is 24.0 Å². The van der Waals surface area contributed by atoms with Crippen molar-refractivity contribution in [3.8, 4) is 0 Å². The Morgan fingerprint density at radius 2 is 2.04 bits per heavy atom.